The van der Waals surface area contributed by atoms with Crippen molar-refractivity contribution in [3.05, 3.63) is 46.0 Å². The van der Waals surface area contributed by atoms with E-state index in [4.69, 9.17) is 16.7 Å². The Labute approximate surface area is 121 Å². The minimum Gasteiger partial charge on any atom is -0.449 e. The van der Waals surface area contributed by atoms with Crippen LogP contribution >= 0.6 is 11.6 Å². The third-order valence-electron chi connectivity index (χ3n) is 2.64. The second kappa shape index (κ2) is 4.91. The van der Waals surface area contributed by atoms with E-state index in [2.05, 4.69) is 19.8 Å². The number of hydrogen-bond acceptors (Lipinski definition) is 5. The highest BCUT2D eigenvalue weighted by molar-refractivity contribution is 6.31. The number of benzene rings is 1. The fraction of sp³-hybridized carbons (Fsp3) is 0. The highest BCUT2D eigenvalue weighted by Crippen LogP contribution is 2.16. The zero-order valence-electron chi connectivity index (χ0n) is 10.3. The Kier molecular flexibility index (Phi) is 3.07. The van der Waals surface area contributed by atoms with Crippen LogP contribution in [0.1, 0.15) is 0 Å². The summed E-state index contributed by atoms with van der Waals surface area (Å²) in [6.45, 7) is 0. The first-order valence-corrected chi connectivity index (χ1v) is 6.06. The number of halogens is 1. The van der Waals surface area contributed by atoms with Gasteiger partial charge in [0, 0.05) is 5.02 Å². The highest BCUT2D eigenvalue weighted by Gasteiger charge is 2.09. The summed E-state index contributed by atoms with van der Waals surface area (Å²) < 4.78 is 5.65. The molecule has 0 unspecified atom stereocenters. The Bertz CT molecular complexity index is 902. The van der Waals surface area contributed by atoms with E-state index in [1.165, 1.54) is 23.1 Å². The van der Waals surface area contributed by atoms with Gasteiger partial charge in [-0.15, -0.1) is 0 Å². The lowest BCUT2D eigenvalue weighted by Gasteiger charge is -2.02. The van der Waals surface area contributed by atoms with Crippen molar-refractivity contribution in [2.75, 3.05) is 0 Å². The highest BCUT2D eigenvalue weighted by atomic mass is 35.5. The number of rotatable bonds is 2. The molecule has 21 heavy (non-hydrogen) atoms. The van der Waals surface area contributed by atoms with Gasteiger partial charge in [-0.25, -0.2) is 14.5 Å². The first-order valence-electron chi connectivity index (χ1n) is 5.68. The van der Waals surface area contributed by atoms with Gasteiger partial charge in [-0.1, -0.05) is 11.6 Å². The summed E-state index contributed by atoms with van der Waals surface area (Å²) in [5, 5.41) is 13.2. The van der Waals surface area contributed by atoms with Crippen molar-refractivity contribution < 1.29 is 14.6 Å². The minimum atomic E-state index is -1.45. The molecule has 0 bridgehead atoms. The molecule has 0 saturated heterocycles. The molecule has 0 aliphatic carbocycles. The van der Waals surface area contributed by atoms with Crippen LogP contribution in [0, 0.1) is 0 Å². The van der Waals surface area contributed by atoms with Crippen LogP contribution < -0.4 is 10.3 Å². The van der Waals surface area contributed by atoms with Gasteiger partial charge < -0.3 is 9.84 Å². The molecular formula is C12H7ClN4O4. The predicted octanol–water partition coefficient (Wildman–Crippen LogP) is 1.82. The lowest BCUT2D eigenvalue weighted by molar-refractivity contribution is 0.144. The van der Waals surface area contributed by atoms with Gasteiger partial charge in [0.05, 0.1) is 23.3 Å². The summed E-state index contributed by atoms with van der Waals surface area (Å²) >= 11 is 5.83. The number of nitrogens with one attached hydrogen (secondary N) is 1. The lowest BCUT2D eigenvalue weighted by atomic mass is 10.2. The molecule has 106 valence electrons. The zero-order valence-corrected chi connectivity index (χ0v) is 11.0. The van der Waals surface area contributed by atoms with Crippen LogP contribution in [-0.4, -0.2) is 31.0 Å². The summed E-state index contributed by atoms with van der Waals surface area (Å²) in [6, 6.07) is 4.73. The number of ether oxygens (including phenoxy) is 1. The predicted molar refractivity (Wildman–Crippen MR) is 73.1 cm³/mol. The lowest BCUT2D eigenvalue weighted by Crippen LogP contribution is -2.13. The number of hydrogen-bond donors (Lipinski definition) is 2. The van der Waals surface area contributed by atoms with Gasteiger partial charge in [-0.2, -0.15) is 5.10 Å². The molecule has 0 spiro atoms. The monoisotopic (exact) mass is 306 g/mol. The number of fused-ring (bicyclic) bond motifs is 1. The maximum atomic E-state index is 12.0. The van der Waals surface area contributed by atoms with Gasteiger partial charge in [0.2, 0.25) is 5.95 Å². The van der Waals surface area contributed by atoms with Gasteiger partial charge >= 0.3 is 6.16 Å². The van der Waals surface area contributed by atoms with Crippen LogP contribution in [0.3, 0.4) is 0 Å². The molecule has 0 fully saturated rings. The average Bonchev–Trinajstić information content (AvgIpc) is 2.87. The number of H-pyrrole nitrogens is 1. The maximum Gasteiger partial charge on any atom is 0.511 e. The van der Waals surface area contributed by atoms with Gasteiger partial charge in [0.25, 0.3) is 5.56 Å². The van der Waals surface area contributed by atoms with Crippen LogP contribution in [0.15, 0.2) is 35.4 Å². The summed E-state index contributed by atoms with van der Waals surface area (Å²) in [4.78, 5) is 29.2. The summed E-state index contributed by atoms with van der Waals surface area (Å²) in [7, 11) is 0. The summed E-state index contributed by atoms with van der Waals surface area (Å²) in [5.41, 5.74) is 0.0584. The van der Waals surface area contributed by atoms with Crippen molar-refractivity contribution in [1.82, 2.24) is 19.7 Å². The van der Waals surface area contributed by atoms with E-state index < -0.39 is 6.16 Å². The van der Waals surface area contributed by atoms with Crippen molar-refractivity contribution in [3.8, 4) is 11.7 Å². The Morgan fingerprint density at radius 3 is 3.00 bits per heavy atom. The first kappa shape index (κ1) is 13.1. The van der Waals surface area contributed by atoms with Crippen LogP contribution in [0.2, 0.25) is 5.02 Å². The van der Waals surface area contributed by atoms with Crippen molar-refractivity contribution in [2.45, 2.75) is 0 Å². The van der Waals surface area contributed by atoms with Crippen LogP contribution in [-0.2, 0) is 0 Å². The Morgan fingerprint density at radius 2 is 2.24 bits per heavy atom. The Balaban J connectivity index is 2.08. The van der Waals surface area contributed by atoms with E-state index >= 15 is 0 Å². The van der Waals surface area contributed by atoms with Crippen molar-refractivity contribution in [2.24, 2.45) is 0 Å². The molecule has 0 aliphatic rings. The zero-order chi connectivity index (χ0) is 15.0. The van der Waals surface area contributed by atoms with Crippen LogP contribution in [0.4, 0.5) is 4.79 Å². The molecule has 3 aromatic rings. The molecule has 3 rings (SSSR count). The molecule has 8 nitrogen and oxygen atoms in total. The third kappa shape index (κ3) is 2.56. The standard InChI is InChI=1S/C12H7ClN4O4/c13-6-1-2-9-8(3-6)10(18)16-11(15-9)17-5-7(4-14-17)21-12(19)20/h1-5H,(H,19,20)(H,15,16,18). The van der Waals surface area contributed by atoms with Crippen LogP contribution in [0.25, 0.3) is 16.9 Å². The maximum absolute atomic E-state index is 12.0. The Morgan fingerprint density at radius 1 is 1.43 bits per heavy atom. The SMILES string of the molecule is O=C(O)Oc1cnn(-c2nc3ccc(Cl)cc3c(=O)[nH]2)c1. The number of aromatic nitrogens is 4. The molecule has 0 aliphatic heterocycles. The van der Waals surface area contributed by atoms with Crippen molar-refractivity contribution >= 4 is 28.7 Å². The minimum absolute atomic E-state index is 0.0151. The van der Waals surface area contributed by atoms with Crippen molar-refractivity contribution in [1.29, 1.82) is 0 Å². The molecule has 1 aromatic carbocycles. The molecule has 2 N–H and O–H groups in total. The molecule has 2 aromatic heterocycles. The van der Waals surface area contributed by atoms with Gasteiger partial charge in [-0.05, 0) is 18.2 Å². The van der Waals surface area contributed by atoms with Crippen molar-refractivity contribution in [3.63, 3.8) is 0 Å². The summed E-state index contributed by atoms with van der Waals surface area (Å²) in [6.07, 6.45) is 1.03. The fourth-order valence-electron chi connectivity index (χ4n) is 1.78. The number of carboxylic acid groups (broad SMARTS) is 1. The van der Waals surface area contributed by atoms with E-state index in [1.807, 2.05) is 0 Å². The largest absolute Gasteiger partial charge is 0.511 e. The summed E-state index contributed by atoms with van der Waals surface area (Å²) in [5.74, 6) is 0.149. The molecule has 0 saturated carbocycles. The molecule has 0 amide bonds. The topological polar surface area (TPSA) is 110 Å². The van der Waals surface area contributed by atoms with E-state index in [1.54, 1.807) is 12.1 Å². The number of aromatic amines is 1. The second-order valence-electron chi connectivity index (χ2n) is 4.04. The first-order chi connectivity index (χ1) is 10.0. The quantitative estimate of drug-likeness (QED) is 0.699. The number of nitrogens with zero attached hydrogens (tertiary/aromatic N) is 3. The molecule has 0 atom stereocenters. The fourth-order valence-corrected chi connectivity index (χ4v) is 1.95. The molecular weight excluding hydrogens is 300 g/mol. The van der Waals surface area contributed by atoms with Gasteiger partial charge in [0.15, 0.2) is 5.75 Å². The second-order valence-corrected chi connectivity index (χ2v) is 4.48. The van der Waals surface area contributed by atoms with Gasteiger partial charge in [-0.3, -0.25) is 9.78 Å². The molecule has 0 radical (unpaired) electrons. The van der Waals surface area contributed by atoms with E-state index in [0.29, 0.717) is 15.9 Å². The Hall–Kier alpha value is -2.87. The number of carbonyl (C=O) groups is 1. The molecule has 9 heteroatoms. The van der Waals surface area contributed by atoms with Gasteiger partial charge in [0.1, 0.15) is 0 Å². The molecule has 2 heterocycles. The van der Waals surface area contributed by atoms with E-state index in [-0.39, 0.29) is 17.3 Å². The smallest absolute Gasteiger partial charge is 0.449 e. The third-order valence-corrected chi connectivity index (χ3v) is 2.87. The van der Waals surface area contributed by atoms with Crippen LogP contribution in [0.5, 0.6) is 5.75 Å². The van der Waals surface area contributed by atoms with E-state index in [0.717, 1.165) is 0 Å². The average molecular weight is 307 g/mol. The normalized spacial score (nSPS) is 10.7. The van der Waals surface area contributed by atoms with E-state index in [9.17, 15) is 9.59 Å².